The highest BCUT2D eigenvalue weighted by Gasteiger charge is 2.06. The lowest BCUT2D eigenvalue weighted by atomic mass is 10.2. The summed E-state index contributed by atoms with van der Waals surface area (Å²) in [5.74, 6) is 0.253. The van der Waals surface area contributed by atoms with Crippen LogP contribution < -0.4 is 0 Å². The lowest BCUT2D eigenvalue weighted by Crippen LogP contribution is -2.17. The number of nitrogens with zero attached hydrogens (tertiary/aromatic N) is 1. The lowest BCUT2D eigenvalue weighted by Gasteiger charge is -2.07. The molecule has 0 aromatic rings. The highest BCUT2D eigenvalue weighted by Crippen LogP contribution is 1.98. The highest BCUT2D eigenvalue weighted by molar-refractivity contribution is 7.90. The van der Waals surface area contributed by atoms with Gasteiger partial charge in [0.2, 0.25) is 0 Å². The Morgan fingerprint density at radius 1 is 1.21 bits per heavy atom. The fourth-order valence-corrected chi connectivity index (χ4v) is 1.67. The van der Waals surface area contributed by atoms with Crippen LogP contribution in [0, 0.1) is 0 Å². The van der Waals surface area contributed by atoms with E-state index >= 15 is 0 Å². The molecule has 4 nitrogen and oxygen atoms in total. The maximum absolute atomic E-state index is 11.2. The topological polar surface area (TPSA) is 54.5 Å². The van der Waals surface area contributed by atoms with Crippen LogP contribution in [-0.2, 0) is 14.6 Å². The highest BCUT2D eigenvalue weighted by atomic mass is 32.2. The van der Waals surface area contributed by atoms with Crippen molar-refractivity contribution in [2.24, 2.45) is 0 Å². The van der Waals surface area contributed by atoms with Gasteiger partial charge < -0.3 is 4.90 Å². The molecule has 0 spiro atoms. The average Bonchev–Trinajstić information content (AvgIpc) is 1.98. The van der Waals surface area contributed by atoms with E-state index in [9.17, 15) is 13.2 Å². The third-order valence-electron chi connectivity index (χ3n) is 1.81. The Kier molecular flexibility index (Phi) is 5.95. The van der Waals surface area contributed by atoms with Gasteiger partial charge in [-0.2, -0.15) is 0 Å². The van der Waals surface area contributed by atoms with Gasteiger partial charge in [0.1, 0.15) is 15.6 Å². The molecule has 84 valence electrons. The van der Waals surface area contributed by atoms with Gasteiger partial charge in [0, 0.05) is 25.6 Å². The number of hydrogen-bond acceptors (Lipinski definition) is 4. The first-order chi connectivity index (χ1) is 6.31. The van der Waals surface area contributed by atoms with Crippen molar-refractivity contribution in [2.45, 2.75) is 19.3 Å². The van der Waals surface area contributed by atoms with E-state index in [-0.39, 0.29) is 11.5 Å². The number of hydrogen-bond donors (Lipinski definition) is 0. The van der Waals surface area contributed by atoms with Crippen LogP contribution in [0.5, 0.6) is 0 Å². The summed E-state index contributed by atoms with van der Waals surface area (Å²) in [5.41, 5.74) is 0. The van der Waals surface area contributed by atoms with Gasteiger partial charge in [-0.25, -0.2) is 8.42 Å². The van der Waals surface area contributed by atoms with Gasteiger partial charge in [-0.15, -0.1) is 0 Å². The molecular formula is C9H19NO3S. The van der Waals surface area contributed by atoms with Gasteiger partial charge in [-0.1, -0.05) is 0 Å². The second-order valence-electron chi connectivity index (χ2n) is 3.83. The predicted molar refractivity (Wildman–Crippen MR) is 57.1 cm³/mol. The molecule has 0 radical (unpaired) electrons. The Balaban J connectivity index is 3.55. The van der Waals surface area contributed by atoms with E-state index in [2.05, 4.69) is 0 Å². The predicted octanol–water partition coefficient (Wildman–Crippen LogP) is 0.332. The minimum atomic E-state index is -2.91. The quantitative estimate of drug-likeness (QED) is 0.622. The summed E-state index contributed by atoms with van der Waals surface area (Å²) < 4.78 is 21.5. The molecule has 0 aliphatic heterocycles. The van der Waals surface area contributed by atoms with Crippen LogP contribution in [0.3, 0.4) is 0 Å². The molecule has 0 heterocycles. The molecule has 0 saturated carbocycles. The molecule has 14 heavy (non-hydrogen) atoms. The van der Waals surface area contributed by atoms with E-state index in [1.807, 2.05) is 19.0 Å². The molecule has 0 atom stereocenters. The van der Waals surface area contributed by atoms with Crippen molar-refractivity contribution >= 4 is 15.6 Å². The summed E-state index contributed by atoms with van der Waals surface area (Å²) in [5, 5.41) is 0. The Morgan fingerprint density at radius 3 is 2.21 bits per heavy atom. The largest absolute Gasteiger partial charge is 0.309 e. The van der Waals surface area contributed by atoms with Crippen molar-refractivity contribution in [3.8, 4) is 0 Å². The summed E-state index contributed by atoms with van der Waals surface area (Å²) in [6.07, 6.45) is 2.53. The van der Waals surface area contributed by atoms with E-state index < -0.39 is 9.84 Å². The van der Waals surface area contributed by atoms with Crippen molar-refractivity contribution in [1.82, 2.24) is 4.90 Å². The molecule has 0 amide bonds. The minimum Gasteiger partial charge on any atom is -0.309 e. The second-order valence-corrected chi connectivity index (χ2v) is 6.09. The first kappa shape index (κ1) is 13.6. The van der Waals surface area contributed by atoms with Crippen molar-refractivity contribution in [3.63, 3.8) is 0 Å². The van der Waals surface area contributed by atoms with Crippen LogP contribution in [0.2, 0.25) is 0 Å². The monoisotopic (exact) mass is 221 g/mol. The zero-order valence-electron chi connectivity index (χ0n) is 9.12. The van der Waals surface area contributed by atoms with Crippen LogP contribution in [0.1, 0.15) is 19.3 Å². The molecule has 0 unspecified atom stereocenters. The minimum absolute atomic E-state index is 0.112. The smallest absolute Gasteiger partial charge is 0.147 e. The Morgan fingerprint density at radius 2 is 1.79 bits per heavy atom. The molecular weight excluding hydrogens is 202 g/mol. The standard InChI is InChI=1S/C9H19NO3S/c1-10(2)7-6-9(11)5-4-8-14(3,12)13/h4-8H2,1-3H3. The summed E-state index contributed by atoms with van der Waals surface area (Å²) in [7, 11) is 0.899. The van der Waals surface area contributed by atoms with E-state index in [1.165, 1.54) is 6.26 Å². The number of ketones is 1. The molecule has 0 fully saturated rings. The van der Waals surface area contributed by atoms with Crippen LogP contribution in [0.4, 0.5) is 0 Å². The van der Waals surface area contributed by atoms with Gasteiger partial charge >= 0.3 is 0 Å². The normalized spacial score (nSPS) is 12.0. The van der Waals surface area contributed by atoms with Gasteiger partial charge in [-0.05, 0) is 20.5 Å². The van der Waals surface area contributed by atoms with Gasteiger partial charge in [0.15, 0.2) is 0 Å². The third kappa shape index (κ3) is 9.67. The first-order valence-electron chi connectivity index (χ1n) is 4.65. The van der Waals surface area contributed by atoms with Crippen LogP contribution in [0.25, 0.3) is 0 Å². The summed E-state index contributed by atoms with van der Waals surface area (Å²) in [4.78, 5) is 13.2. The summed E-state index contributed by atoms with van der Waals surface area (Å²) >= 11 is 0. The fourth-order valence-electron chi connectivity index (χ4n) is 1.00. The molecule has 0 bridgehead atoms. The Bertz CT molecular complexity index is 270. The number of carbonyl (C=O) groups excluding carboxylic acids is 1. The van der Waals surface area contributed by atoms with Crippen molar-refractivity contribution in [3.05, 3.63) is 0 Å². The van der Waals surface area contributed by atoms with E-state index in [1.54, 1.807) is 0 Å². The Labute approximate surface area is 86.2 Å². The molecule has 0 aromatic heterocycles. The van der Waals surface area contributed by atoms with E-state index in [4.69, 9.17) is 0 Å². The lowest BCUT2D eigenvalue weighted by molar-refractivity contribution is -0.119. The summed E-state index contributed by atoms with van der Waals surface area (Å²) in [6, 6.07) is 0. The number of carbonyl (C=O) groups is 1. The van der Waals surface area contributed by atoms with Crippen molar-refractivity contribution < 1.29 is 13.2 Å². The second kappa shape index (κ2) is 6.14. The Hall–Kier alpha value is -0.420. The number of sulfone groups is 1. The van der Waals surface area contributed by atoms with Crippen LogP contribution in [-0.4, -0.2) is 51.7 Å². The van der Waals surface area contributed by atoms with Crippen molar-refractivity contribution in [1.29, 1.82) is 0 Å². The van der Waals surface area contributed by atoms with E-state index in [0.717, 1.165) is 6.54 Å². The zero-order chi connectivity index (χ0) is 11.2. The third-order valence-corrected chi connectivity index (χ3v) is 2.84. The molecule has 0 aliphatic rings. The molecule has 0 saturated heterocycles. The molecule has 0 N–H and O–H groups in total. The maximum Gasteiger partial charge on any atom is 0.147 e. The molecule has 0 aromatic carbocycles. The summed E-state index contributed by atoms with van der Waals surface area (Å²) in [6.45, 7) is 0.734. The average molecular weight is 221 g/mol. The maximum atomic E-state index is 11.2. The SMILES string of the molecule is CN(C)CCC(=O)CCCS(C)(=O)=O. The first-order valence-corrected chi connectivity index (χ1v) is 6.71. The number of rotatable bonds is 7. The van der Waals surface area contributed by atoms with Crippen LogP contribution in [0.15, 0.2) is 0 Å². The zero-order valence-corrected chi connectivity index (χ0v) is 9.93. The molecule has 5 heteroatoms. The van der Waals surface area contributed by atoms with Gasteiger partial charge in [-0.3, -0.25) is 4.79 Å². The fraction of sp³-hybridized carbons (Fsp3) is 0.889. The van der Waals surface area contributed by atoms with E-state index in [0.29, 0.717) is 19.3 Å². The van der Waals surface area contributed by atoms with Gasteiger partial charge in [0.25, 0.3) is 0 Å². The number of Topliss-reactive ketones (excluding diaryl/α,β-unsaturated/α-hetero) is 1. The molecule has 0 aliphatic carbocycles. The van der Waals surface area contributed by atoms with Gasteiger partial charge in [0.05, 0.1) is 5.75 Å². The van der Waals surface area contributed by atoms with Crippen molar-refractivity contribution in [2.75, 3.05) is 32.6 Å². The van der Waals surface area contributed by atoms with Crippen LogP contribution >= 0.6 is 0 Å². The molecule has 0 rings (SSSR count).